The number of methoxy groups -OCH3 is 3. The molecule has 134 valence electrons. The molecule has 0 spiro atoms. The van der Waals surface area contributed by atoms with Crippen LogP contribution in [0.4, 0.5) is 0 Å². The summed E-state index contributed by atoms with van der Waals surface area (Å²) in [4.78, 5) is 18.1. The molecule has 6 heteroatoms. The Morgan fingerprint density at radius 2 is 1.69 bits per heavy atom. The van der Waals surface area contributed by atoms with E-state index < -0.39 is 0 Å². The van der Waals surface area contributed by atoms with Gasteiger partial charge in [0.25, 0.3) is 0 Å². The Hall–Kier alpha value is -2.73. The summed E-state index contributed by atoms with van der Waals surface area (Å²) < 4.78 is 15.9. The summed E-state index contributed by atoms with van der Waals surface area (Å²) >= 11 is 1.46. The molecule has 0 atom stereocenters. The molecule has 26 heavy (non-hydrogen) atoms. The van der Waals surface area contributed by atoms with E-state index in [1.54, 1.807) is 18.3 Å². The van der Waals surface area contributed by atoms with E-state index in [4.69, 9.17) is 14.2 Å². The van der Waals surface area contributed by atoms with Crippen LogP contribution < -0.4 is 14.2 Å². The van der Waals surface area contributed by atoms with Crippen molar-refractivity contribution in [3.8, 4) is 17.2 Å². The van der Waals surface area contributed by atoms with Gasteiger partial charge in [0.05, 0.1) is 32.6 Å². The van der Waals surface area contributed by atoms with Gasteiger partial charge >= 0.3 is 0 Å². The molecule has 1 heterocycles. The number of benzene rings is 2. The van der Waals surface area contributed by atoms with Crippen LogP contribution in [0.3, 0.4) is 0 Å². The predicted molar refractivity (Wildman–Crippen MR) is 103 cm³/mol. The zero-order valence-electron chi connectivity index (χ0n) is 14.8. The molecular formula is C20H19NO4S. The van der Waals surface area contributed by atoms with Gasteiger partial charge < -0.3 is 14.2 Å². The largest absolute Gasteiger partial charge is 0.493 e. The number of ether oxygens (including phenoxy) is 3. The highest BCUT2D eigenvalue weighted by atomic mass is 32.2. The van der Waals surface area contributed by atoms with Crippen LogP contribution in [-0.2, 0) is 0 Å². The molecule has 2 aromatic carbocycles. The number of ketones is 1. The Balaban J connectivity index is 1.84. The van der Waals surface area contributed by atoms with Gasteiger partial charge in [-0.1, -0.05) is 18.2 Å². The quantitative estimate of drug-likeness (QED) is 0.459. The van der Waals surface area contributed by atoms with E-state index in [0.29, 0.717) is 22.8 Å². The summed E-state index contributed by atoms with van der Waals surface area (Å²) in [6, 6.07) is 13.2. The minimum absolute atomic E-state index is 0.0258. The van der Waals surface area contributed by atoms with Crippen molar-refractivity contribution < 1.29 is 19.0 Å². The first-order valence-electron chi connectivity index (χ1n) is 7.97. The number of hydrogen-bond donors (Lipinski definition) is 0. The van der Waals surface area contributed by atoms with E-state index in [-0.39, 0.29) is 11.5 Å². The maximum absolute atomic E-state index is 12.7. The van der Waals surface area contributed by atoms with E-state index in [1.807, 2.05) is 30.3 Å². The Morgan fingerprint density at radius 3 is 2.35 bits per heavy atom. The highest BCUT2D eigenvalue weighted by molar-refractivity contribution is 8.00. The molecule has 0 unspecified atom stereocenters. The fourth-order valence-corrected chi connectivity index (χ4v) is 3.60. The van der Waals surface area contributed by atoms with Crippen molar-refractivity contribution in [3.63, 3.8) is 0 Å². The SMILES string of the molecule is COc1cc(C(=O)CSc2cccc3cccnc23)cc(OC)c1OC. The second-order valence-corrected chi connectivity index (χ2v) is 6.47. The lowest BCUT2D eigenvalue weighted by Crippen LogP contribution is -2.05. The number of rotatable bonds is 7. The zero-order valence-corrected chi connectivity index (χ0v) is 15.6. The number of para-hydroxylation sites is 1. The molecule has 3 aromatic rings. The Bertz CT molecular complexity index is 912. The van der Waals surface area contributed by atoms with Crippen molar-refractivity contribution in [3.05, 3.63) is 54.2 Å². The first-order chi connectivity index (χ1) is 12.7. The summed E-state index contributed by atoms with van der Waals surface area (Å²) in [6.07, 6.45) is 1.76. The van der Waals surface area contributed by atoms with Crippen molar-refractivity contribution in [2.24, 2.45) is 0 Å². The number of hydrogen-bond acceptors (Lipinski definition) is 6. The zero-order chi connectivity index (χ0) is 18.5. The van der Waals surface area contributed by atoms with Gasteiger partial charge in [-0.25, -0.2) is 0 Å². The third-order valence-corrected chi connectivity index (χ3v) is 4.99. The molecule has 0 saturated heterocycles. The molecule has 0 amide bonds. The summed E-state index contributed by atoms with van der Waals surface area (Å²) in [5, 5.41) is 1.05. The molecule has 0 N–H and O–H groups in total. The van der Waals surface area contributed by atoms with Crippen LogP contribution in [0.5, 0.6) is 17.2 Å². The Kier molecular flexibility index (Phi) is 5.63. The average Bonchev–Trinajstić information content (AvgIpc) is 2.70. The van der Waals surface area contributed by atoms with Crippen LogP contribution in [-0.4, -0.2) is 37.8 Å². The molecular weight excluding hydrogens is 350 g/mol. The topological polar surface area (TPSA) is 57.7 Å². The number of carbonyl (C=O) groups excluding carboxylic acids is 1. The molecule has 0 bridgehead atoms. The highest BCUT2D eigenvalue weighted by Gasteiger charge is 2.17. The van der Waals surface area contributed by atoms with Gasteiger partial charge in [0.2, 0.25) is 5.75 Å². The molecule has 0 fully saturated rings. The van der Waals surface area contributed by atoms with E-state index in [2.05, 4.69) is 4.98 Å². The van der Waals surface area contributed by atoms with E-state index in [1.165, 1.54) is 33.1 Å². The molecule has 0 radical (unpaired) electrons. The number of aromatic nitrogens is 1. The smallest absolute Gasteiger partial charge is 0.203 e. The fourth-order valence-electron chi connectivity index (χ4n) is 2.66. The second-order valence-electron chi connectivity index (χ2n) is 5.46. The van der Waals surface area contributed by atoms with Gasteiger partial charge in [0, 0.05) is 22.0 Å². The summed E-state index contributed by atoms with van der Waals surface area (Å²) in [5.41, 5.74) is 1.41. The van der Waals surface area contributed by atoms with Crippen LogP contribution >= 0.6 is 11.8 Å². The molecule has 0 aliphatic heterocycles. The van der Waals surface area contributed by atoms with E-state index in [9.17, 15) is 4.79 Å². The lowest BCUT2D eigenvalue weighted by molar-refractivity contribution is 0.102. The Morgan fingerprint density at radius 1 is 1.00 bits per heavy atom. The van der Waals surface area contributed by atoms with Crippen molar-refractivity contribution >= 4 is 28.4 Å². The number of pyridine rings is 1. The van der Waals surface area contributed by atoms with Crippen molar-refractivity contribution in [1.29, 1.82) is 0 Å². The van der Waals surface area contributed by atoms with E-state index in [0.717, 1.165) is 15.8 Å². The maximum Gasteiger partial charge on any atom is 0.203 e. The fraction of sp³-hybridized carbons (Fsp3) is 0.200. The summed E-state index contributed by atoms with van der Waals surface area (Å²) in [5.74, 6) is 1.66. The first kappa shape index (κ1) is 18.1. The number of carbonyl (C=O) groups is 1. The van der Waals surface area contributed by atoms with Gasteiger partial charge in [0.15, 0.2) is 17.3 Å². The third-order valence-electron chi connectivity index (χ3n) is 3.94. The summed E-state index contributed by atoms with van der Waals surface area (Å²) in [6.45, 7) is 0. The standard InChI is InChI=1S/C20H19NO4S/c1-23-16-10-14(11-17(24-2)20(16)25-3)15(22)12-26-18-8-4-6-13-7-5-9-21-19(13)18/h4-11H,12H2,1-3H3. The molecule has 3 rings (SSSR count). The van der Waals surface area contributed by atoms with Gasteiger partial charge in [0.1, 0.15) is 0 Å². The molecule has 0 saturated carbocycles. The van der Waals surface area contributed by atoms with Gasteiger partial charge in [-0.2, -0.15) is 0 Å². The first-order valence-corrected chi connectivity index (χ1v) is 8.96. The van der Waals surface area contributed by atoms with Crippen molar-refractivity contribution in [1.82, 2.24) is 4.98 Å². The molecule has 0 aliphatic carbocycles. The van der Waals surface area contributed by atoms with Crippen molar-refractivity contribution in [2.75, 3.05) is 27.1 Å². The van der Waals surface area contributed by atoms with Crippen LogP contribution in [0.1, 0.15) is 10.4 Å². The van der Waals surface area contributed by atoms with Crippen LogP contribution in [0.15, 0.2) is 53.6 Å². The van der Waals surface area contributed by atoms with Crippen LogP contribution in [0.25, 0.3) is 10.9 Å². The normalized spacial score (nSPS) is 10.6. The Labute approximate surface area is 156 Å². The number of Topliss-reactive ketones (excluding diaryl/α,β-unsaturated/α-hetero) is 1. The minimum Gasteiger partial charge on any atom is -0.493 e. The average molecular weight is 369 g/mol. The van der Waals surface area contributed by atoms with Gasteiger partial charge in [-0.05, 0) is 24.3 Å². The van der Waals surface area contributed by atoms with Gasteiger partial charge in [-0.3, -0.25) is 9.78 Å². The molecule has 1 aromatic heterocycles. The van der Waals surface area contributed by atoms with Crippen LogP contribution in [0.2, 0.25) is 0 Å². The van der Waals surface area contributed by atoms with Crippen LogP contribution in [0, 0.1) is 0 Å². The number of thioether (sulfide) groups is 1. The second kappa shape index (κ2) is 8.10. The monoisotopic (exact) mass is 369 g/mol. The summed E-state index contributed by atoms with van der Waals surface area (Å²) in [7, 11) is 4.59. The number of fused-ring (bicyclic) bond motifs is 1. The molecule has 5 nitrogen and oxygen atoms in total. The maximum atomic E-state index is 12.7. The molecule has 0 aliphatic rings. The van der Waals surface area contributed by atoms with Gasteiger partial charge in [-0.15, -0.1) is 11.8 Å². The lowest BCUT2D eigenvalue weighted by atomic mass is 10.1. The third kappa shape index (κ3) is 3.60. The number of nitrogens with zero attached hydrogens (tertiary/aromatic N) is 1. The predicted octanol–water partition coefficient (Wildman–Crippen LogP) is 4.24. The lowest BCUT2D eigenvalue weighted by Gasteiger charge is -2.13. The highest BCUT2D eigenvalue weighted by Crippen LogP contribution is 2.38. The van der Waals surface area contributed by atoms with Crippen molar-refractivity contribution in [2.45, 2.75) is 4.90 Å². The van der Waals surface area contributed by atoms with E-state index >= 15 is 0 Å². The minimum atomic E-state index is -0.0258.